The van der Waals surface area contributed by atoms with Gasteiger partial charge in [0, 0.05) is 18.3 Å². The zero-order chi connectivity index (χ0) is 16.2. The monoisotopic (exact) mass is 316 g/mol. The Balaban J connectivity index is 2.59. The number of halogens is 1. The Kier molecular flexibility index (Phi) is 5.95. The highest BCUT2D eigenvalue weighted by Gasteiger charge is 2.23. The lowest BCUT2D eigenvalue weighted by molar-refractivity contribution is 0.0125. The van der Waals surface area contributed by atoms with Gasteiger partial charge < -0.3 is 20.3 Å². The number of hydrogen-bond acceptors (Lipinski definition) is 5. The van der Waals surface area contributed by atoms with Crippen molar-refractivity contribution in [1.29, 1.82) is 0 Å². The number of rotatable bonds is 4. The Labute approximate surface area is 129 Å². The molecule has 0 aliphatic heterocycles. The molecule has 1 heterocycles. The molecule has 7 heteroatoms. The Hall–Kier alpha value is -1.37. The second-order valence-electron chi connectivity index (χ2n) is 5.76. The molecule has 1 rings (SSSR count). The molecule has 118 valence electrons. The minimum Gasteiger partial charge on any atom is -0.444 e. The number of nitrogens with zero attached hydrogens (tertiary/aromatic N) is 1. The highest BCUT2D eigenvalue weighted by Crippen LogP contribution is 2.21. The van der Waals surface area contributed by atoms with Crippen LogP contribution in [0, 0.1) is 6.92 Å². The Bertz CT molecular complexity index is 502. The quantitative estimate of drug-likeness (QED) is 0.739. The number of nitrogens with one attached hydrogen (secondary N) is 1. The van der Waals surface area contributed by atoms with Crippen molar-refractivity contribution in [3.8, 4) is 0 Å². The summed E-state index contributed by atoms with van der Waals surface area (Å²) < 4.78 is 5.04. The average molecular weight is 317 g/mol. The van der Waals surface area contributed by atoms with Crippen molar-refractivity contribution in [2.75, 3.05) is 6.54 Å². The molecule has 1 aromatic heterocycles. The molecule has 0 bridgehead atoms. The molecule has 0 saturated heterocycles. The summed E-state index contributed by atoms with van der Waals surface area (Å²) in [6, 6.07) is 1.59. The van der Waals surface area contributed by atoms with Crippen LogP contribution in [0.5, 0.6) is 0 Å². The van der Waals surface area contributed by atoms with Crippen LogP contribution in [0.1, 0.15) is 38.0 Å². The van der Waals surface area contributed by atoms with Gasteiger partial charge in [-0.05, 0) is 39.3 Å². The van der Waals surface area contributed by atoms with E-state index in [4.69, 9.17) is 16.3 Å². The SMILES string of the molecule is Cc1cc(Cl)ncc1C(O)C(O)CNC(=O)OC(C)(C)C. The highest BCUT2D eigenvalue weighted by molar-refractivity contribution is 6.29. The first kappa shape index (κ1) is 17.7. The molecule has 0 radical (unpaired) electrons. The minimum absolute atomic E-state index is 0.141. The smallest absolute Gasteiger partial charge is 0.407 e. The van der Waals surface area contributed by atoms with Crippen molar-refractivity contribution in [2.45, 2.75) is 45.5 Å². The van der Waals surface area contributed by atoms with Gasteiger partial charge in [-0.1, -0.05) is 11.6 Å². The summed E-state index contributed by atoms with van der Waals surface area (Å²) in [5.41, 5.74) is 0.543. The number of amides is 1. The molecule has 6 nitrogen and oxygen atoms in total. The van der Waals surface area contributed by atoms with Gasteiger partial charge in [0.05, 0.1) is 0 Å². The minimum atomic E-state index is -1.18. The van der Waals surface area contributed by atoms with E-state index in [1.54, 1.807) is 33.8 Å². The summed E-state index contributed by atoms with van der Waals surface area (Å²) in [4.78, 5) is 15.3. The van der Waals surface area contributed by atoms with Gasteiger partial charge in [0.15, 0.2) is 0 Å². The Morgan fingerprint density at radius 3 is 2.62 bits per heavy atom. The van der Waals surface area contributed by atoms with Crippen LogP contribution < -0.4 is 5.32 Å². The number of aromatic nitrogens is 1. The van der Waals surface area contributed by atoms with Crippen LogP contribution in [0.3, 0.4) is 0 Å². The molecule has 0 saturated carbocycles. The molecular formula is C14H21ClN2O4. The largest absolute Gasteiger partial charge is 0.444 e. The van der Waals surface area contributed by atoms with Crippen molar-refractivity contribution in [1.82, 2.24) is 10.3 Å². The van der Waals surface area contributed by atoms with Crippen LogP contribution in [0.2, 0.25) is 5.15 Å². The fourth-order valence-electron chi connectivity index (χ4n) is 1.66. The summed E-state index contributed by atoms with van der Waals surface area (Å²) in [5.74, 6) is 0. The van der Waals surface area contributed by atoms with E-state index < -0.39 is 23.9 Å². The van der Waals surface area contributed by atoms with Gasteiger partial charge in [-0.3, -0.25) is 0 Å². The van der Waals surface area contributed by atoms with E-state index in [-0.39, 0.29) is 6.54 Å². The van der Waals surface area contributed by atoms with Gasteiger partial charge >= 0.3 is 6.09 Å². The van der Waals surface area contributed by atoms with Crippen LogP contribution in [-0.4, -0.2) is 39.5 Å². The molecule has 2 atom stereocenters. The number of alkyl carbamates (subject to hydrolysis) is 1. The van der Waals surface area contributed by atoms with E-state index in [0.29, 0.717) is 16.3 Å². The van der Waals surface area contributed by atoms with Crippen LogP contribution in [0.4, 0.5) is 4.79 Å². The predicted octanol–water partition coefficient (Wildman–Crippen LogP) is 1.96. The number of aliphatic hydroxyl groups is 2. The number of aryl methyl sites for hydroxylation is 1. The zero-order valence-corrected chi connectivity index (χ0v) is 13.3. The van der Waals surface area contributed by atoms with Gasteiger partial charge in [-0.25, -0.2) is 9.78 Å². The van der Waals surface area contributed by atoms with Crippen molar-refractivity contribution in [3.63, 3.8) is 0 Å². The van der Waals surface area contributed by atoms with Gasteiger partial charge in [0.25, 0.3) is 0 Å². The molecule has 0 aromatic carbocycles. The van der Waals surface area contributed by atoms with E-state index in [9.17, 15) is 15.0 Å². The van der Waals surface area contributed by atoms with Crippen molar-refractivity contribution < 1.29 is 19.7 Å². The number of pyridine rings is 1. The van der Waals surface area contributed by atoms with E-state index in [1.165, 1.54) is 6.20 Å². The first-order valence-electron chi connectivity index (χ1n) is 6.55. The van der Waals surface area contributed by atoms with Crippen molar-refractivity contribution in [3.05, 3.63) is 28.5 Å². The maximum atomic E-state index is 11.5. The van der Waals surface area contributed by atoms with E-state index >= 15 is 0 Å². The molecule has 2 unspecified atom stereocenters. The van der Waals surface area contributed by atoms with Gasteiger partial charge in [-0.2, -0.15) is 0 Å². The molecule has 0 fully saturated rings. The van der Waals surface area contributed by atoms with E-state index in [2.05, 4.69) is 10.3 Å². The van der Waals surface area contributed by atoms with Crippen molar-refractivity contribution in [2.24, 2.45) is 0 Å². The lowest BCUT2D eigenvalue weighted by Gasteiger charge is -2.22. The molecule has 1 amide bonds. The third kappa shape index (κ3) is 5.87. The Morgan fingerprint density at radius 2 is 2.10 bits per heavy atom. The first-order valence-corrected chi connectivity index (χ1v) is 6.93. The molecule has 21 heavy (non-hydrogen) atoms. The lowest BCUT2D eigenvalue weighted by Crippen LogP contribution is -2.39. The molecule has 0 aliphatic carbocycles. The number of aliphatic hydroxyl groups excluding tert-OH is 2. The normalized spacial score (nSPS) is 14.4. The van der Waals surface area contributed by atoms with Crippen LogP contribution in [0.15, 0.2) is 12.3 Å². The third-order valence-electron chi connectivity index (χ3n) is 2.66. The summed E-state index contributed by atoms with van der Waals surface area (Å²) in [5, 5.41) is 22.7. The molecule has 1 aromatic rings. The Morgan fingerprint density at radius 1 is 1.48 bits per heavy atom. The molecule has 3 N–H and O–H groups in total. The maximum absolute atomic E-state index is 11.5. The second kappa shape index (κ2) is 7.06. The summed E-state index contributed by atoms with van der Waals surface area (Å²) in [7, 11) is 0. The zero-order valence-electron chi connectivity index (χ0n) is 12.6. The van der Waals surface area contributed by atoms with Crippen molar-refractivity contribution >= 4 is 17.7 Å². The molecule has 0 spiro atoms. The lowest BCUT2D eigenvalue weighted by atomic mass is 10.0. The van der Waals surface area contributed by atoms with Crippen LogP contribution >= 0.6 is 11.6 Å². The van der Waals surface area contributed by atoms with Gasteiger partial charge in [0.1, 0.15) is 23.0 Å². The highest BCUT2D eigenvalue weighted by atomic mass is 35.5. The summed E-state index contributed by atoms with van der Waals surface area (Å²) in [6.45, 7) is 6.82. The van der Waals surface area contributed by atoms with E-state index in [1.807, 2.05) is 0 Å². The number of carbonyl (C=O) groups excluding carboxylic acids is 1. The standard InChI is InChI=1S/C14H21ClN2O4/c1-8-5-11(15)16-6-9(8)12(19)10(18)7-17-13(20)21-14(2,3)4/h5-6,10,12,18-19H,7H2,1-4H3,(H,17,20). The molecular weight excluding hydrogens is 296 g/mol. The summed E-state index contributed by atoms with van der Waals surface area (Å²) in [6.07, 6.45) is -1.61. The fourth-order valence-corrected chi connectivity index (χ4v) is 1.88. The van der Waals surface area contributed by atoms with Crippen LogP contribution in [0.25, 0.3) is 0 Å². The third-order valence-corrected chi connectivity index (χ3v) is 2.86. The number of hydrogen-bond donors (Lipinski definition) is 3. The number of ether oxygens (including phenoxy) is 1. The second-order valence-corrected chi connectivity index (χ2v) is 6.15. The number of carbonyl (C=O) groups is 1. The maximum Gasteiger partial charge on any atom is 0.407 e. The fraction of sp³-hybridized carbons (Fsp3) is 0.571. The topological polar surface area (TPSA) is 91.7 Å². The van der Waals surface area contributed by atoms with Gasteiger partial charge in [-0.15, -0.1) is 0 Å². The first-order chi connectivity index (χ1) is 9.60. The van der Waals surface area contributed by atoms with E-state index in [0.717, 1.165) is 0 Å². The van der Waals surface area contributed by atoms with Crippen LogP contribution in [-0.2, 0) is 4.74 Å². The molecule has 0 aliphatic rings. The predicted molar refractivity (Wildman–Crippen MR) is 79.2 cm³/mol. The summed E-state index contributed by atoms with van der Waals surface area (Å²) >= 11 is 5.74. The average Bonchev–Trinajstić information content (AvgIpc) is 2.33. The van der Waals surface area contributed by atoms with Gasteiger partial charge in [0.2, 0.25) is 0 Å².